The number of rotatable bonds is 7. The first-order valence-corrected chi connectivity index (χ1v) is 10.9. The van der Waals surface area contributed by atoms with Gasteiger partial charge in [0.05, 0.1) is 22.5 Å². The topological polar surface area (TPSA) is 59.8 Å². The van der Waals surface area contributed by atoms with Crippen LogP contribution in [-0.2, 0) is 11.8 Å². The molecule has 30 heavy (non-hydrogen) atoms. The molecule has 2 aliphatic rings. The lowest BCUT2D eigenvalue weighted by molar-refractivity contribution is -0.125. The maximum atomic E-state index is 12.5. The third-order valence-electron chi connectivity index (χ3n) is 5.32. The number of carbonyl (C=O) groups is 1. The first-order chi connectivity index (χ1) is 14.5. The van der Waals surface area contributed by atoms with Gasteiger partial charge in [0.1, 0.15) is 16.7 Å². The average Bonchev–Trinajstić information content (AvgIpc) is 3.52. The minimum atomic E-state index is -0.554. The summed E-state index contributed by atoms with van der Waals surface area (Å²) in [5.41, 5.74) is 1.36. The Hall–Kier alpha value is -2.38. The summed E-state index contributed by atoms with van der Waals surface area (Å²) in [6.45, 7) is -0.495. The first kappa shape index (κ1) is 20.9. The van der Waals surface area contributed by atoms with E-state index in [1.165, 1.54) is 11.8 Å². The standard InChI is InChI=1S/C22H22ClFN4OS/c1-28-14-27-19(20(28)30-18-8-7-17(23)13-26-18)15-3-2-4-16(6-5-15)22(9-10-22)21(29)25-12-11-24/h2-8,13-15H,9-12H2,1H3,(H,25,29). The van der Waals surface area contributed by atoms with E-state index < -0.39 is 12.1 Å². The fourth-order valence-corrected chi connectivity index (χ4v) is 4.56. The molecule has 1 amide bonds. The van der Waals surface area contributed by atoms with Crippen molar-refractivity contribution >= 4 is 29.3 Å². The van der Waals surface area contributed by atoms with Gasteiger partial charge < -0.3 is 9.88 Å². The van der Waals surface area contributed by atoms with Crippen LogP contribution in [0.25, 0.3) is 0 Å². The fourth-order valence-electron chi connectivity index (χ4n) is 3.52. The molecule has 2 heterocycles. The molecule has 2 aromatic rings. The predicted molar refractivity (Wildman–Crippen MR) is 116 cm³/mol. The summed E-state index contributed by atoms with van der Waals surface area (Å²) < 4.78 is 14.4. The Labute approximate surface area is 184 Å². The number of nitrogens with one attached hydrogen (secondary N) is 1. The maximum Gasteiger partial charge on any atom is 0.230 e. The smallest absolute Gasteiger partial charge is 0.230 e. The Bertz CT molecular complexity index is 1020. The van der Waals surface area contributed by atoms with Crippen LogP contribution in [0.5, 0.6) is 0 Å². The molecule has 2 aliphatic carbocycles. The van der Waals surface area contributed by atoms with Crippen molar-refractivity contribution in [2.45, 2.75) is 28.8 Å². The molecule has 2 aromatic heterocycles. The molecule has 0 radical (unpaired) electrons. The van der Waals surface area contributed by atoms with Crippen LogP contribution in [0.15, 0.2) is 70.7 Å². The number of imidazole rings is 1. The number of carbonyl (C=O) groups excluding carboxylic acids is 1. The molecule has 0 saturated heterocycles. The van der Waals surface area contributed by atoms with Crippen molar-refractivity contribution in [3.05, 3.63) is 71.3 Å². The van der Waals surface area contributed by atoms with Crippen molar-refractivity contribution in [1.29, 1.82) is 0 Å². The number of pyridine rings is 1. The van der Waals surface area contributed by atoms with Crippen molar-refractivity contribution < 1.29 is 9.18 Å². The highest BCUT2D eigenvalue weighted by Crippen LogP contribution is 2.53. The number of halogens is 2. The van der Waals surface area contributed by atoms with Crippen LogP contribution in [0.3, 0.4) is 0 Å². The van der Waals surface area contributed by atoms with Crippen LogP contribution in [0.1, 0.15) is 24.5 Å². The van der Waals surface area contributed by atoms with E-state index in [2.05, 4.69) is 27.4 Å². The maximum absolute atomic E-state index is 12.5. The molecule has 1 atom stereocenters. The van der Waals surface area contributed by atoms with E-state index >= 15 is 0 Å². The Morgan fingerprint density at radius 2 is 2.20 bits per heavy atom. The molecule has 0 aliphatic heterocycles. The Morgan fingerprint density at radius 1 is 1.37 bits per heavy atom. The summed E-state index contributed by atoms with van der Waals surface area (Å²) in [5, 5.41) is 5.12. The van der Waals surface area contributed by atoms with Gasteiger partial charge in [-0.3, -0.25) is 4.79 Å². The number of amides is 1. The number of hydrogen-bond donors (Lipinski definition) is 1. The molecular formula is C22H22ClFN4OS. The predicted octanol–water partition coefficient (Wildman–Crippen LogP) is 4.62. The van der Waals surface area contributed by atoms with Crippen molar-refractivity contribution in [1.82, 2.24) is 19.9 Å². The van der Waals surface area contributed by atoms with Crippen LogP contribution >= 0.6 is 23.4 Å². The molecule has 1 N–H and O–H groups in total. The second-order valence-electron chi connectivity index (χ2n) is 7.38. The zero-order valence-electron chi connectivity index (χ0n) is 16.5. The molecule has 1 saturated carbocycles. The van der Waals surface area contributed by atoms with Crippen molar-refractivity contribution in [2.75, 3.05) is 13.2 Å². The van der Waals surface area contributed by atoms with Gasteiger partial charge in [0.2, 0.25) is 5.91 Å². The first-order valence-electron chi connectivity index (χ1n) is 9.75. The molecule has 0 aromatic carbocycles. The van der Waals surface area contributed by atoms with Crippen molar-refractivity contribution in [2.24, 2.45) is 12.5 Å². The molecule has 4 rings (SSSR count). The van der Waals surface area contributed by atoms with Crippen molar-refractivity contribution in [3.8, 4) is 0 Å². The van der Waals surface area contributed by atoms with E-state index in [1.807, 2.05) is 42.0 Å². The molecule has 1 fully saturated rings. The van der Waals surface area contributed by atoms with E-state index in [4.69, 9.17) is 11.6 Å². The summed E-state index contributed by atoms with van der Waals surface area (Å²) in [5.74, 6) is -0.120. The molecule has 0 spiro atoms. The van der Waals surface area contributed by atoms with Gasteiger partial charge in [-0.2, -0.15) is 0 Å². The number of hydrogen-bond acceptors (Lipinski definition) is 4. The van der Waals surface area contributed by atoms with Gasteiger partial charge in [-0.25, -0.2) is 14.4 Å². The Balaban J connectivity index is 1.54. The van der Waals surface area contributed by atoms with E-state index in [0.29, 0.717) is 5.02 Å². The van der Waals surface area contributed by atoms with Crippen molar-refractivity contribution in [3.63, 3.8) is 0 Å². The van der Waals surface area contributed by atoms with Crippen LogP contribution in [0.2, 0.25) is 5.02 Å². The lowest BCUT2D eigenvalue weighted by Gasteiger charge is -2.16. The number of alkyl halides is 1. The summed E-state index contributed by atoms with van der Waals surface area (Å²) in [7, 11) is 1.96. The third kappa shape index (κ3) is 4.23. The molecular weight excluding hydrogens is 423 g/mol. The van der Waals surface area contributed by atoms with Gasteiger partial charge in [0.25, 0.3) is 0 Å². The van der Waals surface area contributed by atoms with E-state index in [0.717, 1.165) is 34.2 Å². The monoisotopic (exact) mass is 444 g/mol. The summed E-state index contributed by atoms with van der Waals surface area (Å²) in [6.07, 6.45) is 15.1. The zero-order valence-corrected chi connectivity index (χ0v) is 18.1. The summed E-state index contributed by atoms with van der Waals surface area (Å²) in [6, 6.07) is 3.70. The Morgan fingerprint density at radius 3 is 2.90 bits per heavy atom. The highest BCUT2D eigenvalue weighted by molar-refractivity contribution is 7.99. The zero-order chi connectivity index (χ0) is 21.1. The number of allylic oxidation sites excluding steroid dienone is 5. The van der Waals surface area contributed by atoms with Gasteiger partial charge in [0.15, 0.2) is 0 Å². The lowest BCUT2D eigenvalue weighted by Crippen LogP contribution is -2.34. The fraction of sp³-hybridized carbons (Fsp3) is 0.318. The minimum absolute atomic E-state index is 0.0283. The quantitative estimate of drug-likeness (QED) is 0.676. The number of nitrogens with zero attached hydrogens (tertiary/aromatic N) is 3. The highest BCUT2D eigenvalue weighted by atomic mass is 35.5. The van der Waals surface area contributed by atoms with Gasteiger partial charge in [-0.15, -0.1) is 0 Å². The van der Waals surface area contributed by atoms with Crippen LogP contribution in [0.4, 0.5) is 4.39 Å². The van der Waals surface area contributed by atoms with E-state index in [1.54, 1.807) is 12.5 Å². The summed E-state index contributed by atoms with van der Waals surface area (Å²) in [4.78, 5) is 21.5. The minimum Gasteiger partial charge on any atom is -0.353 e. The normalized spacial score (nSPS) is 19.3. The number of aromatic nitrogens is 3. The van der Waals surface area contributed by atoms with Crippen LogP contribution in [0, 0.1) is 5.41 Å². The highest BCUT2D eigenvalue weighted by Gasteiger charge is 2.51. The molecule has 0 bridgehead atoms. The third-order valence-corrected chi connectivity index (χ3v) is 6.69. The molecule has 5 nitrogen and oxygen atoms in total. The summed E-state index contributed by atoms with van der Waals surface area (Å²) >= 11 is 7.48. The van der Waals surface area contributed by atoms with Gasteiger partial charge in [0, 0.05) is 25.7 Å². The average molecular weight is 445 g/mol. The van der Waals surface area contributed by atoms with E-state index in [-0.39, 0.29) is 18.4 Å². The Kier molecular flexibility index (Phi) is 6.11. The van der Waals surface area contributed by atoms with Gasteiger partial charge in [-0.1, -0.05) is 53.7 Å². The second-order valence-corrected chi connectivity index (χ2v) is 8.83. The largest absolute Gasteiger partial charge is 0.353 e. The molecule has 1 unspecified atom stereocenters. The number of aryl methyl sites for hydroxylation is 1. The molecule has 8 heteroatoms. The van der Waals surface area contributed by atoms with Crippen LogP contribution in [-0.4, -0.2) is 33.7 Å². The van der Waals surface area contributed by atoms with E-state index in [9.17, 15) is 9.18 Å². The lowest BCUT2D eigenvalue weighted by atomic mass is 9.93. The second kappa shape index (κ2) is 8.78. The van der Waals surface area contributed by atoms with Gasteiger partial charge in [-0.05, 0) is 30.5 Å². The molecule has 156 valence electrons. The van der Waals surface area contributed by atoms with Crippen LogP contribution < -0.4 is 5.32 Å². The SMILES string of the molecule is Cn1cnc(C2C=CC=C(C3(C(=O)NCCF)CC3)C=C2)c1Sc1ccc(Cl)cn1. The van der Waals surface area contributed by atoms with Gasteiger partial charge >= 0.3 is 0 Å².